The summed E-state index contributed by atoms with van der Waals surface area (Å²) in [5.74, 6) is -1.58. The molecule has 2 heterocycles. The molecule has 200 valence electrons. The van der Waals surface area contributed by atoms with Gasteiger partial charge < -0.3 is 14.4 Å². The smallest absolute Gasteiger partial charge is 0.491 e. The average molecular weight is 539 g/mol. The van der Waals surface area contributed by atoms with Gasteiger partial charge in [-0.1, -0.05) is 43.6 Å². The third-order valence-electron chi connectivity index (χ3n) is 6.88. The lowest BCUT2D eigenvalue weighted by Crippen LogP contribution is -2.70. The summed E-state index contributed by atoms with van der Waals surface area (Å²) >= 11 is 5.89. The molecule has 2 aromatic carbocycles. The van der Waals surface area contributed by atoms with Crippen LogP contribution in [0.25, 0.3) is 0 Å². The van der Waals surface area contributed by atoms with Crippen LogP contribution in [0.1, 0.15) is 42.6 Å². The van der Waals surface area contributed by atoms with Crippen LogP contribution in [-0.4, -0.2) is 60.3 Å². The first-order chi connectivity index (χ1) is 17.5. The number of rotatable bonds is 7. The van der Waals surface area contributed by atoms with Crippen molar-refractivity contribution in [3.8, 4) is 5.75 Å². The van der Waals surface area contributed by atoms with Gasteiger partial charge >= 0.3 is 12.1 Å². The standard InChI is InChI=1S/C27H30ClF3N2O4/c1-18(2)16-36-22-6-4-3-5-20(22)15-32-13-11-26(12-14-32)17-33(24(26)37-25(35)27(29,30)31)23(34)19-7-9-21(28)10-8-19/h3-10,18,24H,11-17H2,1-2H3. The molecule has 2 aromatic rings. The maximum atomic E-state index is 13.1. The summed E-state index contributed by atoms with van der Waals surface area (Å²) < 4.78 is 50.1. The van der Waals surface area contributed by atoms with Crippen LogP contribution in [0.3, 0.4) is 0 Å². The molecule has 2 fully saturated rings. The highest BCUT2D eigenvalue weighted by molar-refractivity contribution is 6.30. The summed E-state index contributed by atoms with van der Waals surface area (Å²) in [6.45, 7) is 6.77. The number of likely N-dealkylation sites (tertiary alicyclic amines) is 2. The molecule has 2 aliphatic heterocycles. The number of nitrogens with zero attached hydrogens (tertiary/aromatic N) is 2. The summed E-state index contributed by atoms with van der Waals surface area (Å²) in [7, 11) is 0. The normalized spacial score (nSPS) is 19.5. The second-order valence-corrected chi connectivity index (χ2v) is 10.6. The number of piperidine rings is 1. The van der Waals surface area contributed by atoms with E-state index >= 15 is 0 Å². The minimum Gasteiger partial charge on any atom is -0.493 e. The van der Waals surface area contributed by atoms with Crippen molar-refractivity contribution in [1.82, 2.24) is 9.80 Å². The molecule has 0 N–H and O–H groups in total. The van der Waals surface area contributed by atoms with Crippen molar-refractivity contribution in [2.45, 2.75) is 45.6 Å². The van der Waals surface area contributed by atoms with E-state index in [0.717, 1.165) is 11.3 Å². The van der Waals surface area contributed by atoms with Gasteiger partial charge in [0.1, 0.15) is 5.75 Å². The van der Waals surface area contributed by atoms with Crippen LogP contribution in [0.5, 0.6) is 5.75 Å². The highest BCUT2D eigenvalue weighted by Crippen LogP contribution is 2.48. The Morgan fingerprint density at radius 2 is 1.73 bits per heavy atom. The van der Waals surface area contributed by atoms with Gasteiger partial charge in [0.2, 0.25) is 0 Å². The van der Waals surface area contributed by atoms with Crippen molar-refractivity contribution in [3.63, 3.8) is 0 Å². The van der Waals surface area contributed by atoms with Crippen molar-refractivity contribution in [2.75, 3.05) is 26.2 Å². The number of carbonyl (C=O) groups is 2. The highest BCUT2D eigenvalue weighted by atomic mass is 35.5. The Morgan fingerprint density at radius 1 is 1.08 bits per heavy atom. The first-order valence-corrected chi connectivity index (χ1v) is 12.6. The molecule has 2 saturated heterocycles. The van der Waals surface area contributed by atoms with E-state index in [4.69, 9.17) is 21.1 Å². The number of hydrogen-bond donors (Lipinski definition) is 0. The summed E-state index contributed by atoms with van der Waals surface area (Å²) in [6, 6.07) is 13.9. The van der Waals surface area contributed by atoms with Crippen molar-refractivity contribution >= 4 is 23.5 Å². The predicted molar refractivity (Wildman–Crippen MR) is 132 cm³/mol. The predicted octanol–water partition coefficient (Wildman–Crippen LogP) is 5.54. The van der Waals surface area contributed by atoms with Gasteiger partial charge in [0.05, 0.1) is 6.61 Å². The second-order valence-electron chi connectivity index (χ2n) is 10.1. The molecule has 0 radical (unpaired) electrons. The Bertz CT molecular complexity index is 1120. The Hall–Kier alpha value is -2.78. The molecule has 1 atom stereocenters. The van der Waals surface area contributed by atoms with Crippen LogP contribution in [0.4, 0.5) is 13.2 Å². The fourth-order valence-electron chi connectivity index (χ4n) is 4.85. The topological polar surface area (TPSA) is 59.1 Å². The second kappa shape index (κ2) is 10.9. The lowest BCUT2D eigenvalue weighted by Gasteiger charge is -2.58. The summed E-state index contributed by atoms with van der Waals surface area (Å²) in [6.07, 6.45) is -5.45. The minimum atomic E-state index is -5.15. The lowest BCUT2D eigenvalue weighted by atomic mass is 9.69. The summed E-state index contributed by atoms with van der Waals surface area (Å²) in [4.78, 5) is 28.2. The minimum absolute atomic E-state index is 0.214. The summed E-state index contributed by atoms with van der Waals surface area (Å²) in [5, 5.41) is 0.431. The molecule has 6 nitrogen and oxygen atoms in total. The molecule has 0 saturated carbocycles. The first-order valence-electron chi connectivity index (χ1n) is 12.3. The monoisotopic (exact) mass is 538 g/mol. The van der Waals surface area contributed by atoms with Crippen LogP contribution >= 0.6 is 11.6 Å². The number of alkyl halides is 3. The largest absolute Gasteiger partial charge is 0.493 e. The molecule has 37 heavy (non-hydrogen) atoms. The summed E-state index contributed by atoms with van der Waals surface area (Å²) in [5.41, 5.74) is 0.572. The van der Waals surface area contributed by atoms with E-state index < -0.39 is 29.7 Å². The molecular weight excluding hydrogens is 509 g/mol. The molecule has 0 aromatic heterocycles. The Kier molecular flexibility index (Phi) is 8.04. The van der Waals surface area contributed by atoms with Crippen molar-refractivity contribution in [2.24, 2.45) is 11.3 Å². The maximum Gasteiger partial charge on any atom is 0.491 e. The fourth-order valence-corrected chi connectivity index (χ4v) is 4.97. The first kappa shape index (κ1) is 27.3. The molecule has 0 bridgehead atoms. The van der Waals surface area contributed by atoms with E-state index in [1.807, 2.05) is 24.3 Å². The zero-order valence-corrected chi connectivity index (χ0v) is 21.5. The average Bonchev–Trinajstić information content (AvgIpc) is 2.85. The molecule has 4 rings (SSSR count). The number of halogens is 4. The van der Waals surface area contributed by atoms with E-state index in [1.54, 1.807) is 0 Å². The third-order valence-corrected chi connectivity index (χ3v) is 7.14. The van der Waals surface area contributed by atoms with E-state index in [2.05, 4.69) is 18.7 Å². The van der Waals surface area contributed by atoms with Crippen molar-refractivity contribution in [3.05, 3.63) is 64.7 Å². The van der Waals surface area contributed by atoms with Gasteiger partial charge in [-0.25, -0.2) is 4.79 Å². The van der Waals surface area contributed by atoms with E-state index in [-0.39, 0.29) is 12.1 Å². The number of esters is 1. The van der Waals surface area contributed by atoms with Crippen LogP contribution in [0.2, 0.25) is 5.02 Å². The zero-order chi connectivity index (χ0) is 26.8. The van der Waals surface area contributed by atoms with E-state index in [0.29, 0.717) is 50.0 Å². The van der Waals surface area contributed by atoms with Crippen LogP contribution in [0, 0.1) is 11.3 Å². The number of benzene rings is 2. The van der Waals surface area contributed by atoms with Crippen LogP contribution < -0.4 is 4.74 Å². The third kappa shape index (κ3) is 6.21. The van der Waals surface area contributed by atoms with Crippen LogP contribution in [-0.2, 0) is 16.1 Å². The number of carbonyl (C=O) groups excluding carboxylic acids is 2. The zero-order valence-electron chi connectivity index (χ0n) is 20.8. The SMILES string of the molecule is CC(C)COc1ccccc1CN1CCC2(CC1)CN(C(=O)c1ccc(Cl)cc1)C2OC(=O)C(F)(F)F. The number of ether oxygens (including phenoxy) is 2. The molecule has 2 aliphatic rings. The Balaban J connectivity index is 1.45. The van der Waals surface area contributed by atoms with Gasteiger partial charge in [-0.3, -0.25) is 9.69 Å². The molecule has 10 heteroatoms. The Labute approximate surface area is 219 Å². The van der Waals surface area contributed by atoms with E-state index in [1.165, 1.54) is 29.2 Å². The molecule has 0 aliphatic carbocycles. The van der Waals surface area contributed by atoms with Crippen molar-refractivity contribution < 1.29 is 32.2 Å². The number of hydrogen-bond acceptors (Lipinski definition) is 5. The lowest BCUT2D eigenvalue weighted by molar-refractivity contribution is -0.248. The molecular formula is C27H30ClF3N2O4. The van der Waals surface area contributed by atoms with Gasteiger partial charge in [-0.05, 0) is 62.2 Å². The van der Waals surface area contributed by atoms with Gasteiger partial charge in [0.15, 0.2) is 6.23 Å². The highest BCUT2D eigenvalue weighted by Gasteiger charge is 2.59. The maximum absolute atomic E-state index is 13.1. The van der Waals surface area contributed by atoms with Gasteiger partial charge in [0, 0.05) is 34.7 Å². The van der Waals surface area contributed by atoms with Gasteiger partial charge in [-0.15, -0.1) is 0 Å². The van der Waals surface area contributed by atoms with Crippen molar-refractivity contribution in [1.29, 1.82) is 0 Å². The molecule has 1 amide bonds. The van der Waals surface area contributed by atoms with Gasteiger partial charge in [0.25, 0.3) is 5.91 Å². The Morgan fingerprint density at radius 3 is 2.35 bits per heavy atom. The van der Waals surface area contributed by atoms with Crippen LogP contribution in [0.15, 0.2) is 48.5 Å². The number of amides is 1. The van der Waals surface area contributed by atoms with E-state index in [9.17, 15) is 22.8 Å². The number of para-hydroxylation sites is 1. The quantitative estimate of drug-likeness (QED) is 0.433. The molecule has 1 spiro atoms. The fraction of sp³-hybridized carbons (Fsp3) is 0.481. The van der Waals surface area contributed by atoms with Gasteiger partial charge in [-0.2, -0.15) is 13.2 Å². The molecule has 1 unspecified atom stereocenters.